The lowest BCUT2D eigenvalue weighted by atomic mass is 10.1. The molecule has 1 aliphatic rings. The van der Waals surface area contributed by atoms with Gasteiger partial charge in [-0.2, -0.15) is 5.10 Å². The van der Waals surface area contributed by atoms with Crippen molar-refractivity contribution < 1.29 is 0 Å². The van der Waals surface area contributed by atoms with Crippen molar-refractivity contribution in [3.8, 4) is 0 Å². The Morgan fingerprint density at radius 2 is 2.27 bits per heavy atom. The number of hydrogen-bond donors (Lipinski definition) is 1. The Morgan fingerprint density at radius 3 is 3.00 bits per heavy atom. The van der Waals surface area contributed by atoms with Crippen molar-refractivity contribution in [2.75, 3.05) is 27.2 Å². The molecule has 84 valence electrons. The molecule has 1 aromatic heterocycles. The molecule has 0 saturated carbocycles. The van der Waals surface area contributed by atoms with E-state index in [0.29, 0.717) is 0 Å². The van der Waals surface area contributed by atoms with Gasteiger partial charge in [0.1, 0.15) is 0 Å². The molecule has 15 heavy (non-hydrogen) atoms. The van der Waals surface area contributed by atoms with Crippen molar-refractivity contribution in [2.45, 2.75) is 19.4 Å². The van der Waals surface area contributed by atoms with E-state index in [4.69, 9.17) is 0 Å². The van der Waals surface area contributed by atoms with Crippen LogP contribution in [-0.4, -0.2) is 41.9 Å². The summed E-state index contributed by atoms with van der Waals surface area (Å²) in [5.41, 5.74) is 4.13. The van der Waals surface area contributed by atoms with Crippen LogP contribution in [0.3, 0.4) is 0 Å². The molecule has 0 radical (unpaired) electrons. The molecular formula is C11H20N4. The van der Waals surface area contributed by atoms with E-state index in [1.54, 1.807) is 0 Å². The third kappa shape index (κ3) is 2.21. The van der Waals surface area contributed by atoms with Crippen LogP contribution in [0.1, 0.15) is 17.0 Å². The summed E-state index contributed by atoms with van der Waals surface area (Å²) in [6.45, 7) is 3.15. The predicted octanol–water partition coefficient (Wildman–Crippen LogP) is 0.170. The summed E-state index contributed by atoms with van der Waals surface area (Å²) in [5.74, 6) is 0. The largest absolute Gasteiger partial charge is 0.312 e. The molecule has 0 atom stereocenters. The van der Waals surface area contributed by atoms with Crippen molar-refractivity contribution >= 4 is 0 Å². The first-order chi connectivity index (χ1) is 7.18. The van der Waals surface area contributed by atoms with E-state index in [1.807, 2.05) is 0 Å². The van der Waals surface area contributed by atoms with Crippen molar-refractivity contribution in [1.82, 2.24) is 20.0 Å². The average Bonchev–Trinajstić information content (AvgIpc) is 2.50. The normalized spacial score (nSPS) is 15.7. The molecule has 1 aliphatic heterocycles. The van der Waals surface area contributed by atoms with Crippen LogP contribution in [0, 0.1) is 0 Å². The quantitative estimate of drug-likeness (QED) is 0.768. The minimum absolute atomic E-state index is 0.992. The summed E-state index contributed by atoms with van der Waals surface area (Å²) in [6.07, 6.45) is 2.17. The van der Waals surface area contributed by atoms with Crippen LogP contribution in [0.25, 0.3) is 0 Å². The smallest absolute Gasteiger partial charge is 0.0685 e. The summed E-state index contributed by atoms with van der Waals surface area (Å²) in [5, 5.41) is 8.00. The van der Waals surface area contributed by atoms with Gasteiger partial charge in [-0.3, -0.25) is 4.68 Å². The van der Waals surface area contributed by atoms with E-state index in [1.165, 1.54) is 17.0 Å². The fraction of sp³-hybridized carbons (Fsp3) is 0.727. The van der Waals surface area contributed by atoms with Gasteiger partial charge < -0.3 is 10.2 Å². The second kappa shape index (κ2) is 4.33. The van der Waals surface area contributed by atoms with Gasteiger partial charge in [-0.1, -0.05) is 0 Å². The molecule has 2 heterocycles. The number of nitrogens with zero attached hydrogens (tertiary/aromatic N) is 3. The number of aryl methyl sites for hydroxylation is 1. The number of fused-ring (bicyclic) bond motifs is 1. The van der Waals surface area contributed by atoms with Gasteiger partial charge in [-0.05, 0) is 14.1 Å². The molecule has 0 spiro atoms. The number of rotatable bonds is 3. The molecule has 0 aliphatic carbocycles. The van der Waals surface area contributed by atoms with Gasteiger partial charge in [0.2, 0.25) is 0 Å². The first-order valence-corrected chi connectivity index (χ1v) is 5.57. The van der Waals surface area contributed by atoms with Gasteiger partial charge in [-0.25, -0.2) is 0 Å². The fourth-order valence-electron chi connectivity index (χ4n) is 2.13. The van der Waals surface area contributed by atoms with E-state index in [0.717, 1.165) is 32.5 Å². The Labute approximate surface area is 91.3 Å². The molecule has 0 fully saturated rings. The lowest BCUT2D eigenvalue weighted by molar-refractivity contribution is 0.407. The zero-order valence-corrected chi connectivity index (χ0v) is 9.88. The molecule has 0 saturated heterocycles. The summed E-state index contributed by atoms with van der Waals surface area (Å²) in [7, 11) is 6.28. The topological polar surface area (TPSA) is 33.1 Å². The highest BCUT2D eigenvalue weighted by Gasteiger charge is 2.18. The van der Waals surface area contributed by atoms with Crippen LogP contribution in [0.15, 0.2) is 0 Å². The van der Waals surface area contributed by atoms with E-state index in [-0.39, 0.29) is 0 Å². The SMILES string of the molecule is CN(C)CCc1c2c(nn1C)CCNC2. The van der Waals surface area contributed by atoms with Crippen LogP contribution in [0.4, 0.5) is 0 Å². The Kier molecular flexibility index (Phi) is 3.07. The summed E-state index contributed by atoms with van der Waals surface area (Å²) < 4.78 is 2.06. The molecule has 1 N–H and O–H groups in total. The van der Waals surface area contributed by atoms with Crippen LogP contribution >= 0.6 is 0 Å². The summed E-state index contributed by atoms with van der Waals surface area (Å²) in [6, 6.07) is 0. The highest BCUT2D eigenvalue weighted by Crippen LogP contribution is 2.17. The van der Waals surface area contributed by atoms with E-state index >= 15 is 0 Å². The number of hydrogen-bond acceptors (Lipinski definition) is 3. The number of likely N-dealkylation sites (N-methyl/N-ethyl adjacent to an activating group) is 1. The number of nitrogens with one attached hydrogen (secondary N) is 1. The van der Waals surface area contributed by atoms with E-state index < -0.39 is 0 Å². The Morgan fingerprint density at radius 1 is 1.47 bits per heavy atom. The Balaban J connectivity index is 2.18. The van der Waals surface area contributed by atoms with E-state index in [9.17, 15) is 0 Å². The summed E-state index contributed by atoms with van der Waals surface area (Å²) in [4.78, 5) is 2.22. The monoisotopic (exact) mass is 208 g/mol. The maximum absolute atomic E-state index is 4.59. The van der Waals surface area contributed by atoms with Crippen LogP contribution in [-0.2, 0) is 26.4 Å². The van der Waals surface area contributed by atoms with Crippen LogP contribution < -0.4 is 5.32 Å². The van der Waals surface area contributed by atoms with Gasteiger partial charge in [0.15, 0.2) is 0 Å². The standard InChI is InChI=1S/C11H20N4/c1-14(2)7-5-11-9-8-12-6-4-10(9)13-15(11)3/h12H,4-8H2,1-3H3. The molecule has 4 nitrogen and oxygen atoms in total. The Bertz CT molecular complexity index is 341. The molecule has 0 aromatic carbocycles. The zero-order valence-electron chi connectivity index (χ0n) is 9.88. The van der Waals surface area contributed by atoms with Crippen LogP contribution in [0.2, 0.25) is 0 Å². The number of aromatic nitrogens is 2. The molecule has 2 rings (SSSR count). The van der Waals surface area contributed by atoms with Gasteiger partial charge in [0.05, 0.1) is 5.69 Å². The zero-order chi connectivity index (χ0) is 10.8. The van der Waals surface area contributed by atoms with Crippen LogP contribution in [0.5, 0.6) is 0 Å². The fourth-order valence-corrected chi connectivity index (χ4v) is 2.13. The highest BCUT2D eigenvalue weighted by atomic mass is 15.3. The molecule has 0 unspecified atom stereocenters. The highest BCUT2D eigenvalue weighted by molar-refractivity contribution is 5.28. The second-order valence-corrected chi connectivity index (χ2v) is 4.48. The minimum atomic E-state index is 0.992. The van der Waals surface area contributed by atoms with E-state index in [2.05, 4.69) is 41.1 Å². The third-order valence-corrected chi connectivity index (χ3v) is 2.99. The Hall–Kier alpha value is -0.870. The lowest BCUT2D eigenvalue weighted by Crippen LogP contribution is -2.24. The van der Waals surface area contributed by atoms with Crippen molar-refractivity contribution in [1.29, 1.82) is 0 Å². The van der Waals surface area contributed by atoms with Gasteiger partial charge >= 0.3 is 0 Å². The van der Waals surface area contributed by atoms with Gasteiger partial charge in [-0.15, -0.1) is 0 Å². The van der Waals surface area contributed by atoms with Crippen molar-refractivity contribution in [3.05, 3.63) is 17.0 Å². The van der Waals surface area contributed by atoms with Crippen molar-refractivity contribution in [2.24, 2.45) is 7.05 Å². The minimum Gasteiger partial charge on any atom is -0.312 e. The maximum Gasteiger partial charge on any atom is 0.0685 e. The van der Waals surface area contributed by atoms with Gasteiger partial charge in [0.25, 0.3) is 0 Å². The molecule has 4 heteroatoms. The first kappa shape index (κ1) is 10.6. The first-order valence-electron chi connectivity index (χ1n) is 5.57. The average molecular weight is 208 g/mol. The molecule has 0 bridgehead atoms. The molecule has 0 amide bonds. The molecule has 1 aromatic rings. The molecular weight excluding hydrogens is 188 g/mol. The van der Waals surface area contributed by atoms with Crippen molar-refractivity contribution in [3.63, 3.8) is 0 Å². The lowest BCUT2D eigenvalue weighted by Gasteiger charge is -2.14. The summed E-state index contributed by atoms with van der Waals surface area (Å²) >= 11 is 0. The van der Waals surface area contributed by atoms with Gasteiger partial charge in [0, 0.05) is 50.8 Å². The predicted molar refractivity (Wildman–Crippen MR) is 60.9 cm³/mol. The maximum atomic E-state index is 4.59. The third-order valence-electron chi connectivity index (χ3n) is 2.99. The second-order valence-electron chi connectivity index (χ2n) is 4.48.